The zero-order chi connectivity index (χ0) is 13.6. The highest BCUT2D eigenvalue weighted by Crippen LogP contribution is 2.17. The van der Waals surface area contributed by atoms with E-state index in [2.05, 4.69) is 23.5 Å². The van der Waals surface area contributed by atoms with Gasteiger partial charge in [-0.3, -0.25) is 4.90 Å². The smallest absolute Gasteiger partial charge is 0.211 e. The van der Waals surface area contributed by atoms with E-state index < -0.39 is 10.0 Å². The van der Waals surface area contributed by atoms with Crippen molar-refractivity contribution in [1.29, 1.82) is 0 Å². The van der Waals surface area contributed by atoms with E-state index in [-0.39, 0.29) is 5.75 Å². The van der Waals surface area contributed by atoms with Gasteiger partial charge in [-0.15, -0.1) is 0 Å². The van der Waals surface area contributed by atoms with Gasteiger partial charge in [0.25, 0.3) is 0 Å². The average molecular weight is 276 g/mol. The lowest BCUT2D eigenvalue weighted by molar-refractivity contribution is 0.193. The molecule has 108 valence electrons. The van der Waals surface area contributed by atoms with Crippen molar-refractivity contribution in [2.75, 3.05) is 25.4 Å². The third kappa shape index (κ3) is 5.24. The van der Waals surface area contributed by atoms with Gasteiger partial charge in [0.2, 0.25) is 10.0 Å². The van der Waals surface area contributed by atoms with E-state index in [9.17, 15) is 8.42 Å². The maximum atomic E-state index is 11.8. The quantitative estimate of drug-likeness (QED) is 0.736. The molecule has 1 atom stereocenters. The minimum Gasteiger partial charge on any atom is -0.299 e. The molecule has 1 aliphatic heterocycles. The minimum absolute atomic E-state index is 0.258. The summed E-state index contributed by atoms with van der Waals surface area (Å²) in [7, 11) is -3.08. The molecular weight excluding hydrogens is 248 g/mol. The summed E-state index contributed by atoms with van der Waals surface area (Å²) >= 11 is 0. The van der Waals surface area contributed by atoms with Crippen molar-refractivity contribution in [3.63, 3.8) is 0 Å². The van der Waals surface area contributed by atoms with E-state index in [0.717, 1.165) is 25.9 Å². The molecule has 0 aromatic carbocycles. The number of nitrogens with one attached hydrogen (secondary N) is 1. The van der Waals surface area contributed by atoms with Gasteiger partial charge in [-0.05, 0) is 38.3 Å². The van der Waals surface area contributed by atoms with Crippen molar-refractivity contribution in [3.8, 4) is 0 Å². The monoisotopic (exact) mass is 276 g/mol. The van der Waals surface area contributed by atoms with Crippen LogP contribution in [0.5, 0.6) is 0 Å². The molecular formula is C13H28N2O2S. The minimum atomic E-state index is -3.08. The van der Waals surface area contributed by atoms with Gasteiger partial charge in [-0.25, -0.2) is 13.1 Å². The molecule has 0 aliphatic carbocycles. The predicted octanol–water partition coefficient (Wildman–Crippen LogP) is 1.83. The fourth-order valence-corrected chi connectivity index (χ4v) is 3.72. The molecule has 0 spiro atoms. The van der Waals surface area contributed by atoms with E-state index in [0.29, 0.717) is 18.5 Å². The number of hydrogen-bond acceptors (Lipinski definition) is 3. The summed E-state index contributed by atoms with van der Waals surface area (Å²) in [6, 6.07) is 0.337. The van der Waals surface area contributed by atoms with Crippen molar-refractivity contribution >= 4 is 10.0 Å². The molecule has 0 amide bonds. The van der Waals surface area contributed by atoms with Gasteiger partial charge < -0.3 is 0 Å². The summed E-state index contributed by atoms with van der Waals surface area (Å²) in [6.07, 6.45) is 4.14. The molecule has 0 bridgehead atoms. The molecule has 1 heterocycles. The van der Waals surface area contributed by atoms with Crippen LogP contribution >= 0.6 is 0 Å². The maximum Gasteiger partial charge on any atom is 0.211 e. The van der Waals surface area contributed by atoms with E-state index in [1.807, 2.05) is 6.92 Å². The molecule has 1 N–H and O–H groups in total. The summed E-state index contributed by atoms with van der Waals surface area (Å²) in [6.45, 7) is 9.13. The second-order valence-electron chi connectivity index (χ2n) is 5.58. The Balaban J connectivity index is 2.46. The highest BCUT2D eigenvalue weighted by Gasteiger charge is 2.25. The van der Waals surface area contributed by atoms with Gasteiger partial charge in [-0.1, -0.05) is 27.2 Å². The number of unbranched alkanes of at least 4 members (excludes halogenated alkanes) is 1. The molecule has 1 unspecified atom stereocenters. The molecule has 18 heavy (non-hydrogen) atoms. The first kappa shape index (κ1) is 15.9. The number of rotatable bonds is 8. The third-order valence-corrected chi connectivity index (χ3v) is 5.09. The topological polar surface area (TPSA) is 49.4 Å². The number of likely N-dealkylation sites (tertiary alicyclic amines) is 1. The van der Waals surface area contributed by atoms with Gasteiger partial charge in [0.05, 0.1) is 5.75 Å². The van der Waals surface area contributed by atoms with Crippen molar-refractivity contribution in [2.45, 2.75) is 52.5 Å². The summed E-state index contributed by atoms with van der Waals surface area (Å²) in [5.41, 5.74) is 0. The SMILES string of the molecule is CCCCS(=O)(=O)NCC(C(C)C)N1CCCC1. The molecule has 0 aromatic rings. The molecule has 1 fully saturated rings. The zero-order valence-electron chi connectivity index (χ0n) is 12.0. The van der Waals surface area contributed by atoms with E-state index in [4.69, 9.17) is 0 Å². The molecule has 0 aromatic heterocycles. The zero-order valence-corrected chi connectivity index (χ0v) is 12.8. The normalized spacial score (nSPS) is 19.6. The van der Waals surface area contributed by atoms with Crippen molar-refractivity contribution in [2.24, 2.45) is 5.92 Å². The van der Waals surface area contributed by atoms with Gasteiger partial charge >= 0.3 is 0 Å². The largest absolute Gasteiger partial charge is 0.299 e. The number of hydrogen-bond donors (Lipinski definition) is 1. The van der Waals surface area contributed by atoms with Crippen LogP contribution in [0.4, 0.5) is 0 Å². The second-order valence-corrected chi connectivity index (χ2v) is 7.50. The Labute approximate surface area is 112 Å². The first-order valence-corrected chi connectivity index (χ1v) is 8.83. The Morgan fingerprint density at radius 2 is 1.83 bits per heavy atom. The third-order valence-electron chi connectivity index (χ3n) is 3.66. The number of nitrogens with zero attached hydrogens (tertiary/aromatic N) is 1. The fraction of sp³-hybridized carbons (Fsp3) is 1.00. The van der Waals surface area contributed by atoms with Crippen LogP contribution in [0.2, 0.25) is 0 Å². The Bertz CT molecular complexity index is 322. The van der Waals surface area contributed by atoms with E-state index in [1.165, 1.54) is 12.8 Å². The lowest BCUT2D eigenvalue weighted by Gasteiger charge is -2.30. The van der Waals surface area contributed by atoms with Crippen LogP contribution in [0.25, 0.3) is 0 Å². The predicted molar refractivity (Wildman–Crippen MR) is 76.1 cm³/mol. The Hall–Kier alpha value is -0.130. The Morgan fingerprint density at radius 3 is 2.33 bits per heavy atom. The highest BCUT2D eigenvalue weighted by molar-refractivity contribution is 7.89. The van der Waals surface area contributed by atoms with E-state index in [1.54, 1.807) is 0 Å². The summed E-state index contributed by atoms with van der Waals surface area (Å²) < 4.78 is 26.4. The van der Waals surface area contributed by atoms with Crippen molar-refractivity contribution in [3.05, 3.63) is 0 Å². The first-order valence-electron chi connectivity index (χ1n) is 7.17. The average Bonchev–Trinajstić information content (AvgIpc) is 2.79. The molecule has 1 rings (SSSR count). The van der Waals surface area contributed by atoms with Crippen LogP contribution in [0.15, 0.2) is 0 Å². The molecule has 4 nitrogen and oxygen atoms in total. The van der Waals surface area contributed by atoms with Crippen LogP contribution in [0.1, 0.15) is 46.5 Å². The van der Waals surface area contributed by atoms with Crippen molar-refractivity contribution in [1.82, 2.24) is 9.62 Å². The number of sulfonamides is 1. The fourth-order valence-electron chi connectivity index (χ4n) is 2.48. The van der Waals surface area contributed by atoms with Crippen LogP contribution < -0.4 is 4.72 Å². The first-order chi connectivity index (χ1) is 8.46. The molecule has 1 aliphatic rings. The summed E-state index contributed by atoms with van der Waals surface area (Å²) in [4.78, 5) is 2.42. The highest BCUT2D eigenvalue weighted by atomic mass is 32.2. The molecule has 0 saturated carbocycles. The molecule has 5 heteroatoms. The Kier molecular flexibility index (Phi) is 6.60. The van der Waals surface area contributed by atoms with E-state index >= 15 is 0 Å². The van der Waals surface area contributed by atoms with Crippen LogP contribution in [-0.4, -0.2) is 44.7 Å². The van der Waals surface area contributed by atoms with Gasteiger partial charge in [0.15, 0.2) is 0 Å². The summed E-state index contributed by atoms with van der Waals surface area (Å²) in [5.74, 6) is 0.742. The lowest BCUT2D eigenvalue weighted by atomic mass is 10.0. The maximum absolute atomic E-state index is 11.8. The van der Waals surface area contributed by atoms with Crippen LogP contribution in [0.3, 0.4) is 0 Å². The standard InChI is InChI=1S/C13H28N2O2S/c1-4-5-10-18(16,17)14-11-13(12(2)3)15-8-6-7-9-15/h12-14H,4-11H2,1-3H3. The lowest BCUT2D eigenvalue weighted by Crippen LogP contribution is -2.46. The van der Waals surface area contributed by atoms with Gasteiger partial charge in [0.1, 0.15) is 0 Å². The van der Waals surface area contributed by atoms with Gasteiger partial charge in [-0.2, -0.15) is 0 Å². The molecule has 0 radical (unpaired) electrons. The Morgan fingerprint density at radius 1 is 1.22 bits per heavy atom. The van der Waals surface area contributed by atoms with Gasteiger partial charge in [0, 0.05) is 12.6 Å². The van der Waals surface area contributed by atoms with Crippen molar-refractivity contribution < 1.29 is 8.42 Å². The van der Waals surface area contributed by atoms with Crippen LogP contribution in [0, 0.1) is 5.92 Å². The molecule has 1 saturated heterocycles. The summed E-state index contributed by atoms with van der Waals surface area (Å²) in [5, 5.41) is 0. The second kappa shape index (κ2) is 7.46. The van der Waals surface area contributed by atoms with Crippen LogP contribution in [-0.2, 0) is 10.0 Å².